The van der Waals surface area contributed by atoms with E-state index in [9.17, 15) is 5.11 Å². The first-order valence-corrected chi connectivity index (χ1v) is 9.18. The molecule has 0 saturated heterocycles. The number of aryl methyl sites for hydroxylation is 1. The molecule has 25 heavy (non-hydrogen) atoms. The molecule has 0 bridgehead atoms. The molecule has 1 unspecified atom stereocenters. The van der Waals surface area contributed by atoms with Crippen molar-refractivity contribution in [2.24, 2.45) is 0 Å². The Labute approximate surface area is 156 Å². The van der Waals surface area contributed by atoms with Crippen LogP contribution >= 0.6 is 11.6 Å². The van der Waals surface area contributed by atoms with E-state index in [1.54, 1.807) is 0 Å². The van der Waals surface area contributed by atoms with E-state index in [0.717, 1.165) is 24.9 Å². The molecule has 3 N–H and O–H groups in total. The lowest BCUT2D eigenvalue weighted by Gasteiger charge is -2.28. The first-order valence-electron chi connectivity index (χ1n) is 8.80. The van der Waals surface area contributed by atoms with E-state index in [2.05, 4.69) is 48.7 Å². The van der Waals surface area contributed by atoms with Gasteiger partial charge in [-0.3, -0.25) is 0 Å². The minimum atomic E-state index is -0.557. The number of β-amino-alcohol motifs (C(OH)–C–C–N with tert-alkyl or cyclic N) is 1. The van der Waals surface area contributed by atoms with Crippen molar-refractivity contribution in [1.29, 1.82) is 0 Å². The van der Waals surface area contributed by atoms with Crippen LogP contribution in [0.25, 0.3) is 0 Å². The van der Waals surface area contributed by atoms with E-state index in [1.165, 1.54) is 11.1 Å². The van der Waals surface area contributed by atoms with Crippen molar-refractivity contribution >= 4 is 11.6 Å². The number of halogens is 1. The lowest BCUT2D eigenvalue weighted by Crippen LogP contribution is -2.42. The summed E-state index contributed by atoms with van der Waals surface area (Å²) in [5.74, 6) is 0. The molecule has 0 radical (unpaired) electrons. The summed E-state index contributed by atoms with van der Waals surface area (Å²) in [5.41, 5.74) is 3.43. The lowest BCUT2D eigenvalue weighted by molar-refractivity contribution is 0.159. The molecule has 0 aromatic heterocycles. The van der Waals surface area contributed by atoms with Crippen LogP contribution in [0.3, 0.4) is 0 Å². The predicted octanol–water partition coefficient (Wildman–Crippen LogP) is 4.09. The van der Waals surface area contributed by atoms with Crippen LogP contribution in [0.4, 0.5) is 0 Å². The second kappa shape index (κ2) is 9.35. The zero-order valence-electron chi connectivity index (χ0n) is 15.3. The van der Waals surface area contributed by atoms with Gasteiger partial charge in [-0.25, -0.2) is 0 Å². The fraction of sp³-hybridized carbons (Fsp3) is 0.429. The Balaban J connectivity index is 1.82. The Hall–Kier alpha value is -1.39. The zero-order valence-corrected chi connectivity index (χ0v) is 16.1. The zero-order chi connectivity index (χ0) is 18.3. The van der Waals surface area contributed by atoms with E-state index in [4.69, 9.17) is 11.6 Å². The van der Waals surface area contributed by atoms with Crippen LogP contribution in [0, 0.1) is 0 Å². The Morgan fingerprint density at radius 2 is 1.76 bits per heavy atom. The SMILES string of the molecule is CNCc1ccc(CCC(C)(C)NCC(O)c2cccc(Cl)c2)cc1. The highest BCUT2D eigenvalue weighted by Gasteiger charge is 2.19. The minimum absolute atomic E-state index is 0.0524. The highest BCUT2D eigenvalue weighted by atomic mass is 35.5. The summed E-state index contributed by atoms with van der Waals surface area (Å²) in [4.78, 5) is 0. The quantitative estimate of drug-likeness (QED) is 0.631. The molecule has 0 fully saturated rings. The Kier molecular flexibility index (Phi) is 7.45. The highest BCUT2D eigenvalue weighted by molar-refractivity contribution is 6.30. The van der Waals surface area contributed by atoms with E-state index in [1.807, 2.05) is 31.3 Å². The van der Waals surface area contributed by atoms with Crippen molar-refractivity contribution in [2.75, 3.05) is 13.6 Å². The van der Waals surface area contributed by atoms with Gasteiger partial charge in [0, 0.05) is 23.7 Å². The van der Waals surface area contributed by atoms with Gasteiger partial charge in [0.05, 0.1) is 6.10 Å². The van der Waals surface area contributed by atoms with Crippen molar-refractivity contribution in [3.63, 3.8) is 0 Å². The third kappa shape index (κ3) is 6.79. The second-order valence-electron chi connectivity index (χ2n) is 7.18. The van der Waals surface area contributed by atoms with Crippen LogP contribution in [0.15, 0.2) is 48.5 Å². The Bertz CT molecular complexity index is 655. The first-order chi connectivity index (χ1) is 11.9. The number of aliphatic hydroxyl groups is 1. The molecule has 0 heterocycles. The lowest BCUT2D eigenvalue weighted by atomic mass is 9.94. The summed E-state index contributed by atoms with van der Waals surface area (Å²) in [7, 11) is 1.96. The van der Waals surface area contributed by atoms with E-state index in [0.29, 0.717) is 11.6 Å². The number of benzene rings is 2. The molecule has 0 saturated carbocycles. The van der Waals surface area contributed by atoms with Crippen LogP contribution in [0.5, 0.6) is 0 Å². The first kappa shape index (κ1) is 19.9. The third-order valence-corrected chi connectivity index (χ3v) is 4.69. The summed E-state index contributed by atoms with van der Waals surface area (Å²) in [6, 6.07) is 16.1. The average molecular weight is 361 g/mol. The van der Waals surface area contributed by atoms with Gasteiger partial charge in [0.25, 0.3) is 0 Å². The van der Waals surface area contributed by atoms with Gasteiger partial charge in [-0.05, 0) is 62.6 Å². The van der Waals surface area contributed by atoms with Gasteiger partial charge < -0.3 is 15.7 Å². The number of aliphatic hydroxyl groups excluding tert-OH is 1. The molecule has 1 atom stereocenters. The molecule has 0 spiro atoms. The number of hydrogen-bond acceptors (Lipinski definition) is 3. The van der Waals surface area contributed by atoms with Crippen molar-refractivity contribution < 1.29 is 5.11 Å². The van der Waals surface area contributed by atoms with Gasteiger partial charge in [0.15, 0.2) is 0 Å². The second-order valence-corrected chi connectivity index (χ2v) is 7.62. The van der Waals surface area contributed by atoms with Crippen LogP contribution in [0.1, 0.15) is 43.1 Å². The van der Waals surface area contributed by atoms with E-state index >= 15 is 0 Å². The minimum Gasteiger partial charge on any atom is -0.387 e. The number of rotatable bonds is 9. The Morgan fingerprint density at radius 3 is 2.40 bits per heavy atom. The maximum atomic E-state index is 10.3. The monoisotopic (exact) mass is 360 g/mol. The largest absolute Gasteiger partial charge is 0.387 e. The summed E-state index contributed by atoms with van der Waals surface area (Å²) in [6.07, 6.45) is 1.45. The molecular formula is C21H29ClN2O. The molecule has 136 valence electrons. The number of nitrogens with one attached hydrogen (secondary N) is 2. The van der Waals surface area contributed by atoms with Gasteiger partial charge in [-0.2, -0.15) is 0 Å². The predicted molar refractivity (Wildman–Crippen MR) is 106 cm³/mol. The van der Waals surface area contributed by atoms with Crippen LogP contribution in [-0.2, 0) is 13.0 Å². The molecular weight excluding hydrogens is 332 g/mol. The normalized spacial score (nSPS) is 13.0. The van der Waals surface area contributed by atoms with Crippen molar-refractivity contribution in [2.45, 2.75) is 44.9 Å². The van der Waals surface area contributed by atoms with Gasteiger partial charge >= 0.3 is 0 Å². The molecule has 0 aliphatic carbocycles. The van der Waals surface area contributed by atoms with Crippen LogP contribution < -0.4 is 10.6 Å². The van der Waals surface area contributed by atoms with Crippen LogP contribution in [-0.4, -0.2) is 24.2 Å². The highest BCUT2D eigenvalue weighted by Crippen LogP contribution is 2.19. The van der Waals surface area contributed by atoms with E-state index in [-0.39, 0.29) is 5.54 Å². The molecule has 4 heteroatoms. The van der Waals surface area contributed by atoms with Gasteiger partial charge in [0.1, 0.15) is 0 Å². The molecule has 0 aliphatic rings. The summed E-state index contributed by atoms with van der Waals surface area (Å²) in [5, 5.41) is 17.6. The van der Waals surface area contributed by atoms with Gasteiger partial charge in [-0.1, -0.05) is 48.0 Å². The number of hydrogen-bond donors (Lipinski definition) is 3. The van der Waals surface area contributed by atoms with Crippen LogP contribution in [0.2, 0.25) is 5.02 Å². The molecule has 2 aromatic rings. The van der Waals surface area contributed by atoms with Gasteiger partial charge in [-0.15, -0.1) is 0 Å². The maximum absolute atomic E-state index is 10.3. The maximum Gasteiger partial charge on any atom is 0.0915 e. The van der Waals surface area contributed by atoms with Gasteiger partial charge in [0.2, 0.25) is 0 Å². The molecule has 3 nitrogen and oxygen atoms in total. The van der Waals surface area contributed by atoms with Crippen molar-refractivity contribution in [3.8, 4) is 0 Å². The topological polar surface area (TPSA) is 44.3 Å². The smallest absolute Gasteiger partial charge is 0.0915 e. The molecule has 0 aliphatic heterocycles. The fourth-order valence-electron chi connectivity index (χ4n) is 2.78. The molecule has 2 rings (SSSR count). The summed E-state index contributed by atoms with van der Waals surface area (Å²) < 4.78 is 0. The van der Waals surface area contributed by atoms with Crippen molar-refractivity contribution in [1.82, 2.24) is 10.6 Å². The fourth-order valence-corrected chi connectivity index (χ4v) is 2.98. The Morgan fingerprint density at radius 1 is 1.08 bits per heavy atom. The van der Waals surface area contributed by atoms with Crippen molar-refractivity contribution in [3.05, 3.63) is 70.2 Å². The molecule has 0 amide bonds. The standard InChI is InChI=1S/C21H29ClN2O/c1-21(2,12-11-16-7-9-17(10-8-16)14-23-3)24-15-20(25)18-5-4-6-19(22)13-18/h4-10,13,20,23-25H,11-12,14-15H2,1-3H3. The average Bonchev–Trinajstić information content (AvgIpc) is 2.59. The third-order valence-electron chi connectivity index (χ3n) is 4.45. The molecule has 2 aromatic carbocycles. The summed E-state index contributed by atoms with van der Waals surface area (Å²) in [6.45, 7) is 5.75. The summed E-state index contributed by atoms with van der Waals surface area (Å²) >= 11 is 5.99. The van der Waals surface area contributed by atoms with E-state index < -0.39 is 6.10 Å².